The van der Waals surface area contributed by atoms with Gasteiger partial charge < -0.3 is 15.0 Å². The Morgan fingerprint density at radius 3 is 2.41 bits per heavy atom. The van der Waals surface area contributed by atoms with Crippen molar-refractivity contribution in [3.05, 3.63) is 101 Å². The number of hydrogen-bond donors (Lipinski definition) is 1. The van der Waals surface area contributed by atoms with E-state index in [-0.39, 0.29) is 36.0 Å². The number of methoxy groups -OCH3 is 1. The van der Waals surface area contributed by atoms with E-state index in [1.54, 1.807) is 30.2 Å². The van der Waals surface area contributed by atoms with Gasteiger partial charge in [0.25, 0.3) is 0 Å². The first-order valence-electron chi connectivity index (χ1n) is 12.5. The van der Waals surface area contributed by atoms with Crippen LogP contribution in [0.5, 0.6) is 5.75 Å². The highest BCUT2D eigenvalue weighted by Gasteiger charge is 2.31. The molecule has 0 aliphatic rings. The summed E-state index contributed by atoms with van der Waals surface area (Å²) in [6.07, 6.45) is 1.17. The number of nitrogens with one attached hydrogen (secondary N) is 1. The Morgan fingerprint density at radius 1 is 1.00 bits per heavy atom. The summed E-state index contributed by atoms with van der Waals surface area (Å²) in [7, 11) is 1.60. The van der Waals surface area contributed by atoms with E-state index in [4.69, 9.17) is 4.74 Å². The van der Waals surface area contributed by atoms with Crippen molar-refractivity contribution in [2.45, 2.75) is 51.1 Å². The first kappa shape index (κ1) is 28.3. The first-order chi connectivity index (χ1) is 17.9. The molecule has 0 saturated heterocycles. The van der Waals surface area contributed by atoms with Gasteiger partial charge in [0, 0.05) is 24.8 Å². The largest absolute Gasteiger partial charge is 0.497 e. The molecule has 196 valence electrons. The maximum absolute atomic E-state index is 14.1. The summed E-state index contributed by atoms with van der Waals surface area (Å²) in [5, 5.41) is 3.07. The molecule has 0 aliphatic heterocycles. The van der Waals surface area contributed by atoms with E-state index in [1.165, 1.54) is 17.8 Å². The molecule has 0 unspecified atom stereocenters. The minimum absolute atomic E-state index is 0.0185. The quantitative estimate of drug-likeness (QED) is 0.317. The number of carbonyl (C=O) groups is 2. The van der Waals surface area contributed by atoms with Crippen molar-refractivity contribution in [1.29, 1.82) is 0 Å². The number of amides is 2. The smallest absolute Gasteiger partial charge is 0.243 e. The Bertz CT molecular complexity index is 1160. The fourth-order valence-corrected chi connectivity index (χ4v) is 4.81. The van der Waals surface area contributed by atoms with Crippen molar-refractivity contribution < 1.29 is 18.7 Å². The average Bonchev–Trinajstić information content (AvgIpc) is 2.92. The van der Waals surface area contributed by atoms with Crippen LogP contribution in [-0.4, -0.2) is 41.7 Å². The summed E-state index contributed by atoms with van der Waals surface area (Å²) in [6.45, 7) is 4.22. The molecule has 0 heterocycles. The zero-order valence-corrected chi connectivity index (χ0v) is 22.5. The topological polar surface area (TPSA) is 58.6 Å². The normalized spacial score (nSPS) is 12.4. The van der Waals surface area contributed by atoms with Crippen LogP contribution in [0.15, 0.2) is 78.9 Å². The molecule has 0 aliphatic carbocycles. The number of ether oxygens (including phenoxy) is 1. The van der Waals surface area contributed by atoms with Gasteiger partial charge in [-0.25, -0.2) is 4.39 Å². The second kappa shape index (κ2) is 14.4. The van der Waals surface area contributed by atoms with Crippen molar-refractivity contribution in [1.82, 2.24) is 10.2 Å². The monoisotopic (exact) mass is 522 g/mol. The van der Waals surface area contributed by atoms with E-state index in [9.17, 15) is 14.0 Å². The van der Waals surface area contributed by atoms with Crippen molar-refractivity contribution in [3.8, 4) is 5.75 Å². The third kappa shape index (κ3) is 8.64. The van der Waals surface area contributed by atoms with Gasteiger partial charge in [0.15, 0.2) is 0 Å². The second-order valence-electron chi connectivity index (χ2n) is 8.98. The van der Waals surface area contributed by atoms with Crippen LogP contribution in [0.25, 0.3) is 0 Å². The highest BCUT2D eigenvalue weighted by Crippen LogP contribution is 2.21. The van der Waals surface area contributed by atoms with E-state index < -0.39 is 6.04 Å². The van der Waals surface area contributed by atoms with Gasteiger partial charge in [0.1, 0.15) is 17.6 Å². The van der Waals surface area contributed by atoms with Crippen LogP contribution in [0.2, 0.25) is 0 Å². The first-order valence-corrected chi connectivity index (χ1v) is 13.6. The average molecular weight is 523 g/mol. The molecule has 37 heavy (non-hydrogen) atoms. The molecular formula is C30H35FN2O3S. The van der Waals surface area contributed by atoms with Gasteiger partial charge in [-0.05, 0) is 48.2 Å². The third-order valence-corrected chi connectivity index (χ3v) is 7.17. The van der Waals surface area contributed by atoms with Gasteiger partial charge in [-0.3, -0.25) is 9.59 Å². The van der Waals surface area contributed by atoms with Gasteiger partial charge in [-0.15, -0.1) is 11.8 Å². The van der Waals surface area contributed by atoms with Crippen molar-refractivity contribution in [3.63, 3.8) is 0 Å². The summed E-state index contributed by atoms with van der Waals surface area (Å²) >= 11 is 1.34. The van der Waals surface area contributed by atoms with Crippen LogP contribution in [0.1, 0.15) is 37.0 Å². The lowest BCUT2D eigenvalue weighted by molar-refractivity contribution is -0.139. The molecule has 3 aromatic rings. The van der Waals surface area contributed by atoms with Crippen LogP contribution >= 0.6 is 11.8 Å². The summed E-state index contributed by atoms with van der Waals surface area (Å²) in [5.41, 5.74) is 2.38. The van der Waals surface area contributed by atoms with Crippen molar-refractivity contribution in [2.24, 2.45) is 0 Å². The van der Waals surface area contributed by atoms with E-state index in [2.05, 4.69) is 5.32 Å². The minimum atomic E-state index is -0.704. The lowest BCUT2D eigenvalue weighted by Crippen LogP contribution is -2.52. The molecule has 0 fully saturated rings. The lowest BCUT2D eigenvalue weighted by atomic mass is 10.0. The Labute approximate surface area is 223 Å². The molecular weight excluding hydrogens is 487 g/mol. The highest BCUT2D eigenvalue weighted by molar-refractivity contribution is 7.99. The predicted molar refractivity (Wildman–Crippen MR) is 148 cm³/mol. The van der Waals surface area contributed by atoms with E-state index in [1.807, 2.05) is 68.4 Å². The van der Waals surface area contributed by atoms with Gasteiger partial charge in [0.05, 0.1) is 12.9 Å². The maximum atomic E-state index is 14.1. The molecule has 3 rings (SSSR count). The molecule has 0 bridgehead atoms. The lowest BCUT2D eigenvalue weighted by Gasteiger charge is -2.32. The second-order valence-corrected chi connectivity index (χ2v) is 9.97. The molecule has 1 N–H and O–H groups in total. The SMILES string of the molecule is CC[C@@H](C)NC(=O)[C@H](Cc1ccccc1)N(Cc1cccc(OC)c1)C(=O)CSCc1ccccc1F. The van der Waals surface area contributed by atoms with Crippen LogP contribution in [0.4, 0.5) is 4.39 Å². The third-order valence-electron chi connectivity index (χ3n) is 6.20. The van der Waals surface area contributed by atoms with E-state index in [0.717, 1.165) is 17.5 Å². The minimum Gasteiger partial charge on any atom is -0.497 e. The Balaban J connectivity index is 1.88. The number of halogens is 1. The van der Waals surface area contributed by atoms with Gasteiger partial charge in [0.2, 0.25) is 11.8 Å². The number of rotatable bonds is 13. The fourth-order valence-electron chi connectivity index (χ4n) is 3.91. The molecule has 7 heteroatoms. The maximum Gasteiger partial charge on any atom is 0.243 e. The Kier molecular flexibility index (Phi) is 11.0. The summed E-state index contributed by atoms with van der Waals surface area (Å²) in [6, 6.07) is 23.1. The number of hydrogen-bond acceptors (Lipinski definition) is 4. The van der Waals surface area contributed by atoms with Crippen LogP contribution < -0.4 is 10.1 Å². The standard InChI is InChI=1S/C30H35FN2O3S/c1-4-22(2)32-30(35)28(18-23-11-6-5-7-12-23)33(19-24-13-10-15-26(17-24)36-3)29(34)21-37-20-25-14-8-9-16-27(25)31/h5-17,22,28H,4,18-21H2,1-3H3,(H,32,35)/t22-,28+/m1/s1. The van der Waals surface area contributed by atoms with Crippen molar-refractivity contribution in [2.75, 3.05) is 12.9 Å². The molecule has 2 amide bonds. The molecule has 0 spiro atoms. The molecule has 0 saturated carbocycles. The van der Waals surface area contributed by atoms with Crippen LogP contribution in [-0.2, 0) is 28.3 Å². The van der Waals surface area contributed by atoms with Crippen LogP contribution in [0.3, 0.4) is 0 Å². The number of benzene rings is 3. The van der Waals surface area contributed by atoms with Gasteiger partial charge >= 0.3 is 0 Å². The summed E-state index contributed by atoms with van der Waals surface area (Å²) in [5.74, 6) is 0.527. The summed E-state index contributed by atoms with van der Waals surface area (Å²) < 4.78 is 19.5. The number of thioether (sulfide) groups is 1. The van der Waals surface area contributed by atoms with Gasteiger partial charge in [-0.2, -0.15) is 0 Å². The van der Waals surface area contributed by atoms with E-state index >= 15 is 0 Å². The number of nitrogens with zero attached hydrogens (tertiary/aromatic N) is 1. The Hall–Kier alpha value is -3.32. The zero-order valence-electron chi connectivity index (χ0n) is 21.7. The number of carbonyl (C=O) groups excluding carboxylic acids is 2. The fraction of sp³-hybridized carbons (Fsp3) is 0.333. The van der Waals surface area contributed by atoms with E-state index in [0.29, 0.717) is 23.5 Å². The molecule has 2 atom stereocenters. The molecule has 5 nitrogen and oxygen atoms in total. The molecule has 3 aromatic carbocycles. The molecule has 0 aromatic heterocycles. The Morgan fingerprint density at radius 2 is 1.70 bits per heavy atom. The molecule has 0 radical (unpaired) electrons. The van der Waals surface area contributed by atoms with Crippen molar-refractivity contribution >= 4 is 23.6 Å². The zero-order chi connectivity index (χ0) is 26.6. The predicted octanol–water partition coefficient (Wildman–Crippen LogP) is 5.62. The van der Waals surface area contributed by atoms with Gasteiger partial charge in [-0.1, -0.05) is 67.6 Å². The summed E-state index contributed by atoms with van der Waals surface area (Å²) in [4.78, 5) is 28.8. The van der Waals surface area contributed by atoms with Crippen LogP contribution in [0, 0.1) is 5.82 Å². The highest BCUT2D eigenvalue weighted by atomic mass is 32.2.